The van der Waals surface area contributed by atoms with Crippen molar-refractivity contribution in [2.45, 2.75) is 20.0 Å². The van der Waals surface area contributed by atoms with Crippen LogP contribution in [0.1, 0.15) is 6.92 Å². The molecule has 0 aliphatic heterocycles. The van der Waals surface area contributed by atoms with Crippen LogP contribution in [-0.4, -0.2) is 44.5 Å². The number of carboxylic acid groups (broad SMARTS) is 1. The van der Waals surface area contributed by atoms with Gasteiger partial charge in [0.05, 0.1) is 14.7 Å². The van der Waals surface area contributed by atoms with E-state index in [1.54, 1.807) is 6.92 Å². The van der Waals surface area contributed by atoms with Crippen molar-refractivity contribution >= 4 is 14.8 Å². The molecule has 0 saturated carbocycles. The van der Waals surface area contributed by atoms with Crippen molar-refractivity contribution in [2.75, 3.05) is 19.8 Å². The minimum absolute atomic E-state index is 0.253. The summed E-state index contributed by atoms with van der Waals surface area (Å²) in [7, 11) is 1.71. The van der Waals surface area contributed by atoms with E-state index in [4.69, 9.17) is 5.11 Å². The molecule has 71 valence electrons. The second-order valence-electron chi connectivity index (χ2n) is 3.64. The maximum atomic E-state index is 10.5. The van der Waals surface area contributed by atoms with E-state index in [2.05, 4.69) is 18.0 Å². The number of nitrogens with zero attached hydrogens (tertiary/aromatic N) is 1. The summed E-state index contributed by atoms with van der Waals surface area (Å²) in [6.45, 7) is 6.86. The Balaban J connectivity index is 3.68. The highest BCUT2D eigenvalue weighted by Gasteiger charge is 2.13. The molecule has 0 saturated heterocycles. The number of hydrogen-bond acceptors (Lipinski definition) is 2. The molecule has 0 heterocycles. The zero-order chi connectivity index (χ0) is 9.72. The van der Waals surface area contributed by atoms with E-state index in [0.29, 0.717) is 6.54 Å². The highest BCUT2D eigenvalue weighted by molar-refractivity contribution is 6.55. The molecule has 12 heavy (non-hydrogen) atoms. The molecule has 0 rings (SSSR count). The average molecular weight is 188 g/mol. The number of carbonyl (C=O) groups is 1. The van der Waals surface area contributed by atoms with Crippen molar-refractivity contribution in [2.24, 2.45) is 5.92 Å². The number of aliphatic carboxylic acids is 1. The largest absolute Gasteiger partial charge is 0.481 e. The van der Waals surface area contributed by atoms with Gasteiger partial charge in [0.1, 0.15) is 0 Å². The minimum atomic E-state index is -0.706. The lowest BCUT2D eigenvalue weighted by molar-refractivity contribution is -0.141. The van der Waals surface area contributed by atoms with Crippen LogP contribution in [0.15, 0.2) is 0 Å². The number of hydrogen-bond donors (Lipinski definition) is 1. The highest BCUT2D eigenvalue weighted by Crippen LogP contribution is 1.98. The summed E-state index contributed by atoms with van der Waals surface area (Å²) in [5.41, 5.74) is 0. The Kier molecular flexibility index (Phi) is 5.16. The Hall–Kier alpha value is -0.353. The first-order valence-corrected chi connectivity index (χ1v) is 6.84. The van der Waals surface area contributed by atoms with Crippen LogP contribution in [0.25, 0.3) is 0 Å². The number of carboxylic acids is 1. The third kappa shape index (κ3) is 5.32. The first-order chi connectivity index (χ1) is 5.43. The van der Waals surface area contributed by atoms with E-state index in [-0.39, 0.29) is 14.7 Å². The lowest BCUT2D eigenvalue weighted by Crippen LogP contribution is -2.34. The zero-order valence-corrected chi connectivity index (χ0v) is 9.29. The van der Waals surface area contributed by atoms with Crippen molar-refractivity contribution < 1.29 is 9.90 Å². The van der Waals surface area contributed by atoms with Gasteiger partial charge in [-0.25, -0.2) is 0 Å². The molecule has 0 spiro atoms. The molecule has 0 aromatic carbocycles. The van der Waals surface area contributed by atoms with E-state index in [1.807, 2.05) is 7.05 Å². The van der Waals surface area contributed by atoms with Gasteiger partial charge in [0.15, 0.2) is 0 Å². The Labute approximate surface area is 76.0 Å². The second-order valence-corrected chi connectivity index (χ2v) is 6.37. The van der Waals surface area contributed by atoms with Crippen molar-refractivity contribution in [1.82, 2.24) is 4.90 Å². The molecule has 3 nitrogen and oxygen atoms in total. The second kappa shape index (κ2) is 5.32. The fourth-order valence-electron chi connectivity index (χ4n) is 1.15. The monoisotopic (exact) mass is 188 g/mol. The van der Waals surface area contributed by atoms with Crippen LogP contribution >= 0.6 is 0 Å². The van der Waals surface area contributed by atoms with E-state index < -0.39 is 5.97 Å². The first kappa shape index (κ1) is 11.6. The normalized spacial score (nSPS) is 13.8. The van der Waals surface area contributed by atoms with E-state index >= 15 is 0 Å². The highest BCUT2D eigenvalue weighted by atomic mass is 28.3. The summed E-state index contributed by atoms with van der Waals surface area (Å²) < 4.78 is 0. The predicted octanol–water partition coefficient (Wildman–Crippen LogP) is 0.932. The Morgan fingerprint density at radius 3 is 2.42 bits per heavy atom. The van der Waals surface area contributed by atoms with Gasteiger partial charge < -0.3 is 10.0 Å². The molecule has 0 bridgehead atoms. The van der Waals surface area contributed by atoms with Crippen molar-refractivity contribution in [1.29, 1.82) is 0 Å². The Bertz CT molecular complexity index is 150. The topological polar surface area (TPSA) is 40.5 Å². The molecule has 1 atom stereocenters. The van der Waals surface area contributed by atoms with E-state index in [1.165, 1.54) is 0 Å². The molecule has 0 aliphatic rings. The van der Waals surface area contributed by atoms with Crippen LogP contribution in [0.5, 0.6) is 0 Å². The lowest BCUT2D eigenvalue weighted by atomic mass is 10.2. The summed E-state index contributed by atoms with van der Waals surface area (Å²) in [5, 5.41) is 8.65. The number of rotatable bonds is 5. The molecule has 4 heteroatoms. The third-order valence-corrected chi connectivity index (χ3v) is 2.77. The van der Waals surface area contributed by atoms with Crippen molar-refractivity contribution in [3.63, 3.8) is 0 Å². The van der Waals surface area contributed by atoms with E-state index in [9.17, 15) is 4.79 Å². The Morgan fingerprint density at radius 2 is 2.08 bits per heavy atom. The standard InChI is InChI=1S/C8H18NO2Si/c1-7(8(10)11)5-9(2)6-12(3)4/h7H,5-6H2,1-4H3,(H,10,11). The van der Waals surface area contributed by atoms with Crippen molar-refractivity contribution in [3.05, 3.63) is 0 Å². The molecule has 0 aromatic heterocycles. The zero-order valence-electron chi connectivity index (χ0n) is 8.29. The van der Waals surface area contributed by atoms with Crippen molar-refractivity contribution in [3.8, 4) is 0 Å². The van der Waals surface area contributed by atoms with Gasteiger partial charge in [-0.05, 0) is 13.2 Å². The fraction of sp³-hybridized carbons (Fsp3) is 0.875. The van der Waals surface area contributed by atoms with Gasteiger partial charge in [-0.15, -0.1) is 0 Å². The lowest BCUT2D eigenvalue weighted by Gasteiger charge is -2.20. The summed E-state index contributed by atoms with van der Waals surface area (Å²) >= 11 is 0. The smallest absolute Gasteiger partial charge is 0.307 e. The summed E-state index contributed by atoms with van der Waals surface area (Å²) in [6.07, 6.45) is 1.06. The quantitative estimate of drug-likeness (QED) is 0.653. The van der Waals surface area contributed by atoms with Gasteiger partial charge in [0.2, 0.25) is 0 Å². The fourth-order valence-corrected chi connectivity index (χ4v) is 2.36. The summed E-state index contributed by atoms with van der Waals surface area (Å²) in [5.74, 6) is -0.959. The minimum Gasteiger partial charge on any atom is -0.481 e. The predicted molar refractivity (Wildman–Crippen MR) is 51.8 cm³/mol. The van der Waals surface area contributed by atoms with E-state index in [0.717, 1.165) is 6.17 Å². The van der Waals surface area contributed by atoms with Crippen LogP contribution in [0.2, 0.25) is 13.1 Å². The molecular weight excluding hydrogens is 170 g/mol. The summed E-state index contributed by atoms with van der Waals surface area (Å²) in [6, 6.07) is 0. The van der Waals surface area contributed by atoms with Gasteiger partial charge in [0.25, 0.3) is 0 Å². The van der Waals surface area contributed by atoms with Gasteiger partial charge in [-0.1, -0.05) is 20.0 Å². The summed E-state index contributed by atoms with van der Waals surface area (Å²) in [4.78, 5) is 12.6. The van der Waals surface area contributed by atoms with Gasteiger partial charge in [-0.3, -0.25) is 4.79 Å². The SMILES string of the molecule is CC(CN(C)C[Si](C)C)C(=O)O. The Morgan fingerprint density at radius 1 is 1.58 bits per heavy atom. The first-order valence-electron chi connectivity index (χ1n) is 4.14. The average Bonchev–Trinajstić information content (AvgIpc) is 1.84. The molecule has 1 radical (unpaired) electrons. The maximum absolute atomic E-state index is 10.5. The molecule has 1 unspecified atom stereocenters. The van der Waals surface area contributed by atoms with Crippen LogP contribution in [-0.2, 0) is 4.79 Å². The van der Waals surface area contributed by atoms with Crippen LogP contribution in [0.4, 0.5) is 0 Å². The molecule has 1 N–H and O–H groups in total. The molecule has 0 aliphatic carbocycles. The van der Waals surface area contributed by atoms with Crippen LogP contribution in [0, 0.1) is 5.92 Å². The molecule has 0 amide bonds. The third-order valence-electron chi connectivity index (χ3n) is 1.59. The van der Waals surface area contributed by atoms with Gasteiger partial charge in [0, 0.05) is 6.54 Å². The van der Waals surface area contributed by atoms with Gasteiger partial charge in [-0.2, -0.15) is 0 Å². The van der Waals surface area contributed by atoms with Crippen LogP contribution in [0.3, 0.4) is 0 Å². The maximum Gasteiger partial charge on any atom is 0.307 e. The van der Waals surface area contributed by atoms with Crippen LogP contribution < -0.4 is 0 Å². The molecular formula is C8H18NO2Si. The van der Waals surface area contributed by atoms with Gasteiger partial charge >= 0.3 is 5.97 Å². The molecule has 0 aromatic rings. The molecule has 0 fully saturated rings.